The Balaban J connectivity index is 2.74. The van der Waals surface area contributed by atoms with Gasteiger partial charge in [0, 0.05) is 19.2 Å². The van der Waals surface area contributed by atoms with Crippen molar-refractivity contribution in [2.24, 2.45) is 0 Å². The molecule has 0 atom stereocenters. The lowest BCUT2D eigenvalue weighted by Crippen LogP contribution is -2.34. The van der Waals surface area contributed by atoms with Crippen LogP contribution in [0.25, 0.3) is 0 Å². The van der Waals surface area contributed by atoms with E-state index in [1.807, 2.05) is 13.8 Å². The molecule has 1 aromatic rings. The fourth-order valence-electron chi connectivity index (χ4n) is 1.52. The van der Waals surface area contributed by atoms with E-state index < -0.39 is 4.92 Å². The summed E-state index contributed by atoms with van der Waals surface area (Å²) in [4.78, 5) is 23.5. The molecule has 0 saturated heterocycles. The Morgan fingerprint density at radius 2 is 2.05 bits per heavy atom. The lowest BCUT2D eigenvalue weighted by Gasteiger charge is -2.18. The second kappa shape index (κ2) is 7.08. The quantitative estimate of drug-likeness (QED) is 0.593. The molecule has 1 amide bonds. The molecule has 0 aliphatic carbocycles. The molecule has 7 heteroatoms. The predicted octanol–water partition coefficient (Wildman–Crippen LogP) is 2.60. The molecule has 0 aromatic heterocycles. The van der Waals surface area contributed by atoms with Gasteiger partial charge in [0.2, 0.25) is 0 Å². The Kier molecular flexibility index (Phi) is 5.75. The summed E-state index contributed by atoms with van der Waals surface area (Å²) >= 11 is 3.23. The third-order valence-corrected chi connectivity index (χ3v) is 3.25. The number of likely N-dealkylation sites (N-methyl/N-ethyl adjacent to an activating group) is 1. The summed E-state index contributed by atoms with van der Waals surface area (Å²) in [5.41, 5.74) is -0.0755. The van der Waals surface area contributed by atoms with E-state index in [0.29, 0.717) is 17.6 Å². The van der Waals surface area contributed by atoms with Crippen molar-refractivity contribution in [3.8, 4) is 5.75 Å². The molecule has 0 aliphatic rings. The van der Waals surface area contributed by atoms with Crippen molar-refractivity contribution in [2.75, 3.05) is 19.7 Å². The van der Waals surface area contributed by atoms with E-state index >= 15 is 0 Å². The Labute approximate surface area is 119 Å². The topological polar surface area (TPSA) is 72.7 Å². The number of nitrogens with zero attached hydrogens (tertiary/aromatic N) is 2. The van der Waals surface area contributed by atoms with Gasteiger partial charge in [0.25, 0.3) is 11.6 Å². The lowest BCUT2D eigenvalue weighted by atomic mass is 10.3. The van der Waals surface area contributed by atoms with Crippen molar-refractivity contribution in [3.05, 3.63) is 32.8 Å². The summed E-state index contributed by atoms with van der Waals surface area (Å²) in [7, 11) is 0. The number of hydrogen-bond acceptors (Lipinski definition) is 4. The largest absolute Gasteiger partial charge is 0.482 e. The van der Waals surface area contributed by atoms with Crippen LogP contribution < -0.4 is 4.74 Å². The first-order valence-corrected chi connectivity index (χ1v) is 6.63. The number of halogens is 1. The lowest BCUT2D eigenvalue weighted by molar-refractivity contribution is -0.385. The Morgan fingerprint density at radius 3 is 2.58 bits per heavy atom. The van der Waals surface area contributed by atoms with Crippen molar-refractivity contribution in [1.29, 1.82) is 0 Å². The molecule has 0 unspecified atom stereocenters. The van der Waals surface area contributed by atoms with Crippen LogP contribution in [-0.2, 0) is 4.79 Å². The van der Waals surface area contributed by atoms with E-state index in [1.165, 1.54) is 18.2 Å². The van der Waals surface area contributed by atoms with Crippen LogP contribution in [0.3, 0.4) is 0 Å². The minimum Gasteiger partial charge on any atom is -0.482 e. The van der Waals surface area contributed by atoms with Gasteiger partial charge in [-0.1, -0.05) is 0 Å². The predicted molar refractivity (Wildman–Crippen MR) is 74.2 cm³/mol. The first kappa shape index (κ1) is 15.4. The summed E-state index contributed by atoms with van der Waals surface area (Å²) in [6, 6.07) is 4.18. The fraction of sp³-hybridized carbons (Fsp3) is 0.417. The number of non-ortho nitro benzene ring substituents is 1. The summed E-state index contributed by atoms with van der Waals surface area (Å²) < 4.78 is 5.91. The first-order valence-electron chi connectivity index (χ1n) is 5.84. The zero-order valence-corrected chi connectivity index (χ0v) is 12.3. The van der Waals surface area contributed by atoms with E-state index in [9.17, 15) is 14.9 Å². The van der Waals surface area contributed by atoms with Gasteiger partial charge in [-0.3, -0.25) is 14.9 Å². The highest BCUT2D eigenvalue weighted by Gasteiger charge is 2.14. The van der Waals surface area contributed by atoms with Gasteiger partial charge >= 0.3 is 0 Å². The third kappa shape index (κ3) is 4.20. The van der Waals surface area contributed by atoms with Gasteiger partial charge in [0.15, 0.2) is 6.61 Å². The Morgan fingerprint density at radius 1 is 1.42 bits per heavy atom. The second-order valence-electron chi connectivity index (χ2n) is 3.73. The van der Waals surface area contributed by atoms with Crippen molar-refractivity contribution in [2.45, 2.75) is 13.8 Å². The van der Waals surface area contributed by atoms with Gasteiger partial charge in [-0.05, 0) is 35.8 Å². The molecule has 104 valence electrons. The van der Waals surface area contributed by atoms with Gasteiger partial charge in [-0.25, -0.2) is 0 Å². The van der Waals surface area contributed by atoms with Crippen LogP contribution in [-0.4, -0.2) is 35.4 Å². The molecule has 1 aromatic carbocycles. The van der Waals surface area contributed by atoms with Crippen LogP contribution in [0.5, 0.6) is 5.75 Å². The molecule has 19 heavy (non-hydrogen) atoms. The standard InChI is InChI=1S/C12H15BrN2O4/c1-3-14(4-2)12(16)8-19-11-7-9(15(17)18)5-6-10(11)13/h5-7H,3-4,8H2,1-2H3. The molecule has 1 rings (SSSR count). The minimum atomic E-state index is -0.508. The Hall–Kier alpha value is -1.63. The van der Waals surface area contributed by atoms with Crippen molar-refractivity contribution in [1.82, 2.24) is 4.90 Å². The number of amides is 1. The van der Waals surface area contributed by atoms with Crippen LogP contribution >= 0.6 is 15.9 Å². The molecule has 0 heterocycles. The number of rotatable bonds is 6. The van der Waals surface area contributed by atoms with Gasteiger partial charge in [0.1, 0.15) is 5.75 Å². The maximum atomic E-state index is 11.8. The number of carbonyl (C=O) groups is 1. The highest BCUT2D eigenvalue weighted by Crippen LogP contribution is 2.29. The number of hydrogen-bond donors (Lipinski definition) is 0. The summed E-state index contributed by atoms with van der Waals surface area (Å²) in [5.74, 6) is 0.137. The molecule has 6 nitrogen and oxygen atoms in total. The maximum Gasteiger partial charge on any atom is 0.273 e. The highest BCUT2D eigenvalue weighted by molar-refractivity contribution is 9.10. The van der Waals surface area contributed by atoms with Gasteiger partial charge in [-0.2, -0.15) is 0 Å². The first-order chi connectivity index (χ1) is 8.99. The molecule has 0 radical (unpaired) electrons. The molecule has 0 saturated carbocycles. The van der Waals surface area contributed by atoms with Crippen molar-refractivity contribution < 1.29 is 14.5 Å². The fourth-order valence-corrected chi connectivity index (χ4v) is 1.88. The molecular formula is C12H15BrN2O4. The molecule has 0 spiro atoms. The molecule has 0 N–H and O–H groups in total. The van der Waals surface area contributed by atoms with E-state index in [-0.39, 0.29) is 24.0 Å². The van der Waals surface area contributed by atoms with E-state index in [2.05, 4.69) is 15.9 Å². The van der Waals surface area contributed by atoms with E-state index in [1.54, 1.807) is 4.90 Å². The maximum absolute atomic E-state index is 11.8. The van der Waals surface area contributed by atoms with Crippen molar-refractivity contribution in [3.63, 3.8) is 0 Å². The molecule has 0 fully saturated rings. The molecular weight excluding hydrogens is 316 g/mol. The minimum absolute atomic E-state index is 0.0755. The van der Waals surface area contributed by atoms with Crippen LogP contribution in [0.2, 0.25) is 0 Å². The average Bonchev–Trinajstić information content (AvgIpc) is 2.38. The second-order valence-corrected chi connectivity index (χ2v) is 4.58. The van der Waals surface area contributed by atoms with Gasteiger partial charge in [-0.15, -0.1) is 0 Å². The molecule has 0 bridgehead atoms. The molecule has 0 aliphatic heterocycles. The summed E-state index contributed by atoms with van der Waals surface area (Å²) in [6.45, 7) is 4.83. The van der Waals surface area contributed by atoms with E-state index in [4.69, 9.17) is 4.74 Å². The number of carbonyl (C=O) groups excluding carboxylic acids is 1. The summed E-state index contributed by atoms with van der Waals surface area (Å²) in [5, 5.41) is 10.7. The van der Waals surface area contributed by atoms with Crippen LogP contribution in [0.15, 0.2) is 22.7 Å². The normalized spacial score (nSPS) is 10.1. The number of nitro groups is 1. The van der Waals surface area contributed by atoms with Crippen molar-refractivity contribution >= 4 is 27.5 Å². The third-order valence-electron chi connectivity index (χ3n) is 2.59. The van der Waals surface area contributed by atoms with Crippen LogP contribution in [0.1, 0.15) is 13.8 Å². The van der Waals surface area contributed by atoms with Gasteiger partial charge in [0.05, 0.1) is 15.5 Å². The SMILES string of the molecule is CCN(CC)C(=O)COc1cc([N+](=O)[O-])ccc1Br. The monoisotopic (exact) mass is 330 g/mol. The summed E-state index contributed by atoms with van der Waals surface area (Å²) in [6.07, 6.45) is 0. The number of nitro benzene ring substituents is 1. The Bertz CT molecular complexity index is 475. The zero-order chi connectivity index (χ0) is 14.4. The smallest absolute Gasteiger partial charge is 0.273 e. The highest BCUT2D eigenvalue weighted by atomic mass is 79.9. The average molecular weight is 331 g/mol. The van der Waals surface area contributed by atoms with E-state index in [0.717, 1.165) is 0 Å². The van der Waals surface area contributed by atoms with Gasteiger partial charge < -0.3 is 9.64 Å². The number of benzene rings is 1. The van der Waals surface area contributed by atoms with Crippen LogP contribution in [0, 0.1) is 10.1 Å². The number of ether oxygens (including phenoxy) is 1. The zero-order valence-electron chi connectivity index (χ0n) is 10.8. The van der Waals surface area contributed by atoms with Crippen LogP contribution in [0.4, 0.5) is 5.69 Å².